The number of aliphatic hydroxyl groups excluding tert-OH is 1. The fourth-order valence-corrected chi connectivity index (χ4v) is 0.668. The molecule has 1 aromatic rings. The lowest BCUT2D eigenvalue weighted by Gasteiger charge is -1.98. The second kappa shape index (κ2) is 3.22. The Labute approximate surface area is 60.1 Å². The van der Waals surface area contributed by atoms with Crippen molar-refractivity contribution in [2.45, 2.75) is 6.61 Å². The Morgan fingerprint density at radius 1 is 1.60 bits per heavy atom. The van der Waals surface area contributed by atoms with Crippen molar-refractivity contribution >= 4 is 0 Å². The third-order valence-electron chi connectivity index (χ3n) is 1.25. The minimum Gasteiger partial charge on any atom is -0.496 e. The fourth-order valence-electron chi connectivity index (χ4n) is 0.668. The summed E-state index contributed by atoms with van der Waals surface area (Å²) in [4.78, 5) is 0. The summed E-state index contributed by atoms with van der Waals surface area (Å²) in [6, 6.07) is 8.13. The van der Waals surface area contributed by atoms with Crippen LogP contribution in [0.3, 0.4) is 0 Å². The number of hydrogen-bond donors (Lipinski definition) is 1. The summed E-state index contributed by atoms with van der Waals surface area (Å²) in [5, 5.41) is 8.64. The molecule has 1 radical (unpaired) electrons. The van der Waals surface area contributed by atoms with Gasteiger partial charge in [-0.1, -0.05) is 6.07 Å². The fraction of sp³-hybridized carbons (Fsp3) is 0.250. The average Bonchev–Trinajstić information content (AvgIpc) is 2.05. The molecular weight excluding hydrogens is 128 g/mol. The molecule has 0 atom stereocenters. The van der Waals surface area contributed by atoms with Crippen molar-refractivity contribution in [2.24, 2.45) is 0 Å². The molecule has 0 fully saturated rings. The summed E-state index contributed by atoms with van der Waals surface area (Å²) < 4.78 is 4.88. The molecule has 0 aliphatic heterocycles. The van der Waals surface area contributed by atoms with E-state index < -0.39 is 0 Å². The zero-order chi connectivity index (χ0) is 7.40. The smallest absolute Gasteiger partial charge is 0.126 e. The van der Waals surface area contributed by atoms with Crippen LogP contribution in [-0.2, 0) is 6.61 Å². The quantitative estimate of drug-likeness (QED) is 0.658. The summed E-state index contributed by atoms with van der Waals surface area (Å²) in [6.07, 6.45) is 0. The first-order valence-electron chi connectivity index (χ1n) is 3.02. The van der Waals surface area contributed by atoms with E-state index in [1.165, 1.54) is 0 Å². The molecule has 1 rings (SSSR count). The molecule has 0 aromatic heterocycles. The normalized spacial score (nSPS) is 9.40. The second-order valence-electron chi connectivity index (χ2n) is 1.92. The van der Waals surface area contributed by atoms with Crippen molar-refractivity contribution in [3.05, 3.63) is 29.8 Å². The van der Waals surface area contributed by atoms with Gasteiger partial charge in [-0.15, -0.1) is 0 Å². The first-order valence-corrected chi connectivity index (χ1v) is 3.02. The SMILES string of the molecule is COc1[c]cc(CO)cc1. The van der Waals surface area contributed by atoms with Gasteiger partial charge in [-0.2, -0.15) is 0 Å². The van der Waals surface area contributed by atoms with Gasteiger partial charge in [0.1, 0.15) is 5.75 Å². The largest absolute Gasteiger partial charge is 0.496 e. The van der Waals surface area contributed by atoms with Crippen molar-refractivity contribution in [3.8, 4) is 5.75 Å². The minimum atomic E-state index is 0.0560. The molecule has 1 N–H and O–H groups in total. The molecular formula is C8H9O2. The first-order chi connectivity index (χ1) is 4.86. The summed E-state index contributed by atoms with van der Waals surface area (Å²) in [5.74, 6) is 0.692. The van der Waals surface area contributed by atoms with Crippen molar-refractivity contribution < 1.29 is 9.84 Å². The summed E-state index contributed by atoms with van der Waals surface area (Å²) in [6.45, 7) is 0.0560. The Morgan fingerprint density at radius 2 is 2.40 bits per heavy atom. The Morgan fingerprint density at radius 3 is 2.80 bits per heavy atom. The first kappa shape index (κ1) is 7.09. The van der Waals surface area contributed by atoms with Crippen LogP contribution < -0.4 is 4.74 Å². The van der Waals surface area contributed by atoms with Gasteiger partial charge in [0.2, 0.25) is 0 Å². The van der Waals surface area contributed by atoms with Crippen LogP contribution in [0.5, 0.6) is 5.75 Å². The van der Waals surface area contributed by atoms with Crippen LogP contribution in [0.1, 0.15) is 5.56 Å². The highest BCUT2D eigenvalue weighted by Gasteiger charge is 1.90. The van der Waals surface area contributed by atoms with Crippen LogP contribution in [0, 0.1) is 6.07 Å². The number of rotatable bonds is 2. The van der Waals surface area contributed by atoms with Crippen LogP contribution in [0.15, 0.2) is 18.2 Å². The lowest BCUT2D eigenvalue weighted by molar-refractivity contribution is 0.281. The molecule has 10 heavy (non-hydrogen) atoms. The van der Waals surface area contributed by atoms with Gasteiger partial charge in [-0.25, -0.2) is 0 Å². The molecule has 1 aromatic carbocycles. The molecule has 0 spiro atoms. The van der Waals surface area contributed by atoms with Gasteiger partial charge in [-0.3, -0.25) is 0 Å². The molecule has 0 unspecified atom stereocenters. The van der Waals surface area contributed by atoms with Crippen molar-refractivity contribution in [3.63, 3.8) is 0 Å². The van der Waals surface area contributed by atoms with Gasteiger partial charge in [0.15, 0.2) is 0 Å². The van der Waals surface area contributed by atoms with E-state index in [2.05, 4.69) is 6.07 Å². The molecule has 53 valence electrons. The lowest BCUT2D eigenvalue weighted by atomic mass is 10.2. The third-order valence-corrected chi connectivity index (χ3v) is 1.25. The maximum absolute atomic E-state index is 8.64. The van der Waals surface area contributed by atoms with Crippen LogP contribution in [0.25, 0.3) is 0 Å². The van der Waals surface area contributed by atoms with E-state index in [0.717, 1.165) is 5.56 Å². The number of aliphatic hydroxyl groups is 1. The monoisotopic (exact) mass is 137 g/mol. The molecule has 0 amide bonds. The summed E-state index contributed by atoms with van der Waals surface area (Å²) >= 11 is 0. The Bertz CT molecular complexity index is 168. The highest BCUT2D eigenvalue weighted by Crippen LogP contribution is 2.09. The van der Waals surface area contributed by atoms with Gasteiger partial charge in [0.05, 0.1) is 13.7 Å². The van der Waals surface area contributed by atoms with E-state index in [1.54, 1.807) is 25.3 Å². The molecule has 0 saturated heterocycles. The van der Waals surface area contributed by atoms with Crippen molar-refractivity contribution in [1.82, 2.24) is 0 Å². The van der Waals surface area contributed by atoms with E-state index in [9.17, 15) is 0 Å². The Hall–Kier alpha value is -1.02. The van der Waals surface area contributed by atoms with Crippen molar-refractivity contribution in [2.75, 3.05) is 7.11 Å². The van der Waals surface area contributed by atoms with E-state index in [-0.39, 0.29) is 6.61 Å². The van der Waals surface area contributed by atoms with Crippen LogP contribution in [0.4, 0.5) is 0 Å². The zero-order valence-electron chi connectivity index (χ0n) is 5.79. The van der Waals surface area contributed by atoms with Gasteiger partial charge < -0.3 is 9.84 Å². The predicted molar refractivity (Wildman–Crippen MR) is 37.8 cm³/mol. The topological polar surface area (TPSA) is 29.5 Å². The van der Waals surface area contributed by atoms with Gasteiger partial charge in [0.25, 0.3) is 0 Å². The number of methoxy groups -OCH3 is 1. The predicted octanol–water partition coefficient (Wildman–Crippen LogP) is 0.988. The highest BCUT2D eigenvalue weighted by molar-refractivity contribution is 5.25. The highest BCUT2D eigenvalue weighted by atomic mass is 16.5. The number of ether oxygens (including phenoxy) is 1. The third kappa shape index (κ3) is 1.48. The molecule has 0 saturated carbocycles. The molecule has 0 heterocycles. The molecule has 2 nitrogen and oxygen atoms in total. The van der Waals surface area contributed by atoms with E-state index in [4.69, 9.17) is 9.84 Å². The second-order valence-corrected chi connectivity index (χ2v) is 1.92. The number of benzene rings is 1. The van der Waals surface area contributed by atoms with Crippen LogP contribution in [-0.4, -0.2) is 12.2 Å². The van der Waals surface area contributed by atoms with Crippen LogP contribution >= 0.6 is 0 Å². The lowest BCUT2D eigenvalue weighted by Crippen LogP contribution is -1.85. The van der Waals surface area contributed by atoms with E-state index in [0.29, 0.717) is 5.75 Å². The Balaban J connectivity index is 2.80. The van der Waals surface area contributed by atoms with Crippen LogP contribution in [0.2, 0.25) is 0 Å². The van der Waals surface area contributed by atoms with E-state index in [1.807, 2.05) is 0 Å². The molecule has 2 heteroatoms. The average molecular weight is 137 g/mol. The minimum absolute atomic E-state index is 0.0560. The summed E-state index contributed by atoms with van der Waals surface area (Å²) in [5.41, 5.74) is 0.848. The van der Waals surface area contributed by atoms with Gasteiger partial charge in [0, 0.05) is 6.07 Å². The maximum atomic E-state index is 8.64. The summed E-state index contributed by atoms with van der Waals surface area (Å²) in [7, 11) is 1.59. The van der Waals surface area contributed by atoms with Crippen molar-refractivity contribution in [1.29, 1.82) is 0 Å². The van der Waals surface area contributed by atoms with E-state index >= 15 is 0 Å². The molecule has 0 aliphatic carbocycles. The molecule has 0 aliphatic rings. The van der Waals surface area contributed by atoms with Gasteiger partial charge in [-0.05, 0) is 17.7 Å². The maximum Gasteiger partial charge on any atom is 0.126 e. The standard InChI is InChI=1S/C8H9O2/c1-10-8-4-2-7(6-9)3-5-8/h2-4,9H,6H2,1H3. The Kier molecular flexibility index (Phi) is 2.29. The zero-order valence-corrected chi connectivity index (χ0v) is 5.79. The van der Waals surface area contributed by atoms with Gasteiger partial charge >= 0.3 is 0 Å². The number of hydrogen-bond acceptors (Lipinski definition) is 2. The molecule has 0 bridgehead atoms.